The molecule has 6 heteroatoms. The summed E-state index contributed by atoms with van der Waals surface area (Å²) in [6.07, 6.45) is 12.4. The van der Waals surface area contributed by atoms with Gasteiger partial charge in [0.2, 0.25) is 0 Å². The number of allylic oxidation sites excluding steroid dienone is 3. The number of carbonyl (C=O) groups excluding carboxylic acids is 2. The standard InChI is InChI=1S/C24H21N3O3/c25-21-6-1-2-7-22(21)26-24(29)18-10-8-17(9-11-18)23(27-12-14-30-15-13-27)19-4-3-5-20(28)16-19/h1-15,23H,16,25H2,(H,26,29). The van der Waals surface area contributed by atoms with Gasteiger partial charge in [0.15, 0.2) is 5.78 Å². The quantitative estimate of drug-likeness (QED) is 0.733. The summed E-state index contributed by atoms with van der Waals surface area (Å²) in [7, 11) is 0. The molecule has 0 saturated heterocycles. The largest absolute Gasteiger partial charge is 0.470 e. The Kier molecular flexibility index (Phi) is 5.48. The van der Waals surface area contributed by atoms with Gasteiger partial charge in [0.1, 0.15) is 12.5 Å². The molecule has 6 nitrogen and oxygen atoms in total. The number of anilines is 2. The third kappa shape index (κ3) is 4.17. The van der Waals surface area contributed by atoms with E-state index in [2.05, 4.69) is 5.32 Å². The highest BCUT2D eigenvalue weighted by Crippen LogP contribution is 2.34. The molecule has 0 spiro atoms. The van der Waals surface area contributed by atoms with Gasteiger partial charge >= 0.3 is 0 Å². The van der Waals surface area contributed by atoms with Gasteiger partial charge in [0.25, 0.3) is 5.91 Å². The number of ketones is 1. The molecule has 150 valence electrons. The average molecular weight is 399 g/mol. The fraction of sp³-hybridized carbons (Fsp3) is 0.0833. The van der Waals surface area contributed by atoms with Crippen LogP contribution >= 0.6 is 0 Å². The zero-order valence-electron chi connectivity index (χ0n) is 16.2. The number of ether oxygens (including phenoxy) is 1. The van der Waals surface area contributed by atoms with E-state index < -0.39 is 0 Å². The Morgan fingerprint density at radius 3 is 2.50 bits per heavy atom. The topological polar surface area (TPSA) is 84.7 Å². The van der Waals surface area contributed by atoms with Crippen LogP contribution in [0.3, 0.4) is 0 Å². The Bertz CT molecular complexity index is 1070. The van der Waals surface area contributed by atoms with Crippen molar-refractivity contribution in [2.75, 3.05) is 11.1 Å². The first kappa shape index (κ1) is 19.3. The van der Waals surface area contributed by atoms with Gasteiger partial charge in [-0.15, -0.1) is 0 Å². The molecule has 0 bridgehead atoms. The lowest BCUT2D eigenvalue weighted by Gasteiger charge is -2.31. The lowest BCUT2D eigenvalue weighted by molar-refractivity contribution is -0.114. The summed E-state index contributed by atoms with van der Waals surface area (Å²) in [5.74, 6) is -0.174. The van der Waals surface area contributed by atoms with Gasteiger partial charge in [-0.1, -0.05) is 36.4 Å². The molecule has 2 aromatic carbocycles. The summed E-state index contributed by atoms with van der Waals surface area (Å²) >= 11 is 0. The molecule has 1 unspecified atom stereocenters. The summed E-state index contributed by atoms with van der Waals surface area (Å²) in [5, 5.41) is 2.83. The molecular formula is C24H21N3O3. The number of carbonyl (C=O) groups is 2. The fourth-order valence-corrected chi connectivity index (χ4v) is 3.46. The molecule has 1 aliphatic carbocycles. The highest BCUT2D eigenvalue weighted by Gasteiger charge is 2.24. The van der Waals surface area contributed by atoms with Crippen LogP contribution in [0.5, 0.6) is 0 Å². The van der Waals surface area contributed by atoms with E-state index in [0.717, 1.165) is 11.1 Å². The van der Waals surface area contributed by atoms with Crippen molar-refractivity contribution >= 4 is 23.1 Å². The number of hydrogen-bond donors (Lipinski definition) is 2. The zero-order valence-corrected chi connectivity index (χ0v) is 16.2. The summed E-state index contributed by atoms with van der Waals surface area (Å²) < 4.78 is 5.14. The summed E-state index contributed by atoms with van der Waals surface area (Å²) in [4.78, 5) is 26.6. The molecule has 30 heavy (non-hydrogen) atoms. The molecule has 1 amide bonds. The van der Waals surface area contributed by atoms with Gasteiger partial charge in [-0.3, -0.25) is 9.59 Å². The van der Waals surface area contributed by atoms with Crippen molar-refractivity contribution in [3.63, 3.8) is 0 Å². The Labute approximate surface area is 174 Å². The Balaban J connectivity index is 1.59. The van der Waals surface area contributed by atoms with E-state index in [1.54, 1.807) is 48.9 Å². The molecule has 1 atom stereocenters. The number of rotatable bonds is 5. The van der Waals surface area contributed by atoms with E-state index in [0.29, 0.717) is 23.4 Å². The molecule has 2 aromatic rings. The molecular weight excluding hydrogens is 378 g/mol. The number of hydrogen-bond acceptors (Lipinski definition) is 5. The molecule has 1 heterocycles. The maximum Gasteiger partial charge on any atom is 0.255 e. The normalized spacial score (nSPS) is 16.1. The Morgan fingerprint density at radius 1 is 1.07 bits per heavy atom. The number of benzene rings is 2. The second-order valence-electron chi connectivity index (χ2n) is 6.96. The monoisotopic (exact) mass is 399 g/mol. The van der Waals surface area contributed by atoms with Gasteiger partial charge in [0, 0.05) is 24.4 Å². The highest BCUT2D eigenvalue weighted by molar-refractivity contribution is 6.05. The van der Waals surface area contributed by atoms with Crippen molar-refractivity contribution in [3.05, 3.63) is 108 Å². The first-order chi connectivity index (χ1) is 14.6. The first-order valence-corrected chi connectivity index (χ1v) is 9.54. The number of amides is 1. The van der Waals surface area contributed by atoms with Crippen LogP contribution in [-0.4, -0.2) is 16.6 Å². The minimum absolute atomic E-state index is 0.0650. The predicted molar refractivity (Wildman–Crippen MR) is 116 cm³/mol. The van der Waals surface area contributed by atoms with Crippen LogP contribution in [0.25, 0.3) is 0 Å². The van der Waals surface area contributed by atoms with Crippen molar-refractivity contribution < 1.29 is 14.3 Å². The van der Waals surface area contributed by atoms with Gasteiger partial charge in [-0.2, -0.15) is 0 Å². The number of para-hydroxylation sites is 2. The van der Waals surface area contributed by atoms with E-state index in [1.165, 1.54) is 0 Å². The van der Waals surface area contributed by atoms with Crippen molar-refractivity contribution in [1.82, 2.24) is 4.90 Å². The van der Waals surface area contributed by atoms with Crippen LogP contribution in [0.4, 0.5) is 11.4 Å². The SMILES string of the molecule is Nc1ccccc1NC(=O)c1ccc(C(C2=CC=CC(=O)C2)N2C=COC=C2)cc1. The second-order valence-corrected chi connectivity index (χ2v) is 6.96. The molecule has 1 aliphatic heterocycles. The van der Waals surface area contributed by atoms with Gasteiger partial charge in [-0.25, -0.2) is 0 Å². The summed E-state index contributed by atoms with van der Waals surface area (Å²) in [6.45, 7) is 0. The fourth-order valence-electron chi connectivity index (χ4n) is 3.46. The first-order valence-electron chi connectivity index (χ1n) is 9.54. The van der Waals surface area contributed by atoms with E-state index in [9.17, 15) is 9.59 Å². The van der Waals surface area contributed by atoms with E-state index in [4.69, 9.17) is 10.5 Å². The minimum Gasteiger partial charge on any atom is -0.470 e. The van der Waals surface area contributed by atoms with Gasteiger partial charge < -0.3 is 20.7 Å². The third-order valence-corrected chi connectivity index (χ3v) is 4.94. The number of nitrogens with one attached hydrogen (secondary N) is 1. The van der Waals surface area contributed by atoms with Crippen molar-refractivity contribution in [2.24, 2.45) is 0 Å². The van der Waals surface area contributed by atoms with E-state index in [1.807, 2.05) is 47.6 Å². The predicted octanol–water partition coefficient (Wildman–Crippen LogP) is 4.29. The Morgan fingerprint density at radius 2 is 1.80 bits per heavy atom. The van der Waals surface area contributed by atoms with Crippen molar-refractivity contribution in [3.8, 4) is 0 Å². The maximum atomic E-state index is 12.6. The van der Waals surface area contributed by atoms with Crippen molar-refractivity contribution in [1.29, 1.82) is 0 Å². The number of nitrogen functional groups attached to an aromatic ring is 1. The lowest BCUT2D eigenvalue weighted by atomic mass is 9.90. The van der Waals surface area contributed by atoms with Gasteiger partial charge in [-0.05, 0) is 41.5 Å². The van der Waals surface area contributed by atoms with Crippen LogP contribution in [0.1, 0.15) is 28.4 Å². The van der Waals surface area contributed by atoms with E-state index >= 15 is 0 Å². The Hall–Kier alpha value is -4.06. The minimum atomic E-state index is -0.239. The molecule has 0 radical (unpaired) electrons. The van der Waals surface area contributed by atoms with Crippen molar-refractivity contribution in [2.45, 2.75) is 12.5 Å². The lowest BCUT2D eigenvalue weighted by Crippen LogP contribution is -2.23. The molecule has 0 aromatic heterocycles. The van der Waals surface area contributed by atoms with Crippen LogP contribution in [0.15, 0.2) is 97.3 Å². The van der Waals surface area contributed by atoms with E-state index in [-0.39, 0.29) is 17.7 Å². The van der Waals surface area contributed by atoms with Crippen LogP contribution in [-0.2, 0) is 9.53 Å². The second kappa shape index (κ2) is 8.53. The molecule has 4 rings (SSSR count). The van der Waals surface area contributed by atoms with Gasteiger partial charge in [0.05, 0.1) is 17.4 Å². The molecule has 2 aliphatic rings. The average Bonchev–Trinajstić information content (AvgIpc) is 2.77. The highest BCUT2D eigenvalue weighted by atomic mass is 16.5. The number of nitrogens with two attached hydrogens (primary N) is 1. The smallest absolute Gasteiger partial charge is 0.255 e. The molecule has 0 saturated carbocycles. The molecule has 0 fully saturated rings. The number of nitrogens with zero attached hydrogens (tertiary/aromatic N) is 1. The van der Waals surface area contributed by atoms with Crippen LogP contribution < -0.4 is 11.1 Å². The summed E-state index contributed by atoms with van der Waals surface area (Å²) in [5.41, 5.74) is 9.43. The molecule has 3 N–H and O–H groups in total. The zero-order chi connectivity index (χ0) is 20.9. The van der Waals surface area contributed by atoms with Crippen LogP contribution in [0.2, 0.25) is 0 Å². The third-order valence-electron chi connectivity index (χ3n) is 4.94. The maximum absolute atomic E-state index is 12.6. The van der Waals surface area contributed by atoms with Crippen LogP contribution in [0, 0.1) is 0 Å². The summed E-state index contributed by atoms with van der Waals surface area (Å²) in [6, 6.07) is 14.3.